The molecule has 1 heterocycles. The molecular weight excluding hydrogens is 310 g/mol. The van der Waals surface area contributed by atoms with Gasteiger partial charge < -0.3 is 0 Å². The van der Waals surface area contributed by atoms with E-state index in [1.165, 1.54) is 11.4 Å². The van der Waals surface area contributed by atoms with Gasteiger partial charge in [0.25, 0.3) is 16.6 Å². The number of hydrogen-bond acceptors (Lipinski definition) is 2. The van der Waals surface area contributed by atoms with Crippen molar-refractivity contribution >= 4 is 10.2 Å². The highest BCUT2D eigenvalue weighted by Crippen LogP contribution is 2.22. The topological polar surface area (TPSA) is 40.6 Å². The van der Waals surface area contributed by atoms with Crippen LogP contribution in [0, 0.1) is 0 Å². The Morgan fingerprint density at radius 2 is 1.77 bits per heavy atom. The van der Waals surface area contributed by atoms with E-state index in [9.17, 15) is 17.2 Å². The molecule has 0 radical (unpaired) electrons. The number of aryl methyl sites for hydroxylation is 1. The minimum atomic E-state index is -3.80. The van der Waals surface area contributed by atoms with E-state index in [0.29, 0.717) is 19.5 Å². The summed E-state index contributed by atoms with van der Waals surface area (Å²) in [7, 11) is -2.54. The fraction of sp³-hybridized carbons (Fsp3) is 0.600. The van der Waals surface area contributed by atoms with Crippen LogP contribution in [-0.4, -0.2) is 49.6 Å². The smallest absolute Gasteiger partial charge is 0.209 e. The van der Waals surface area contributed by atoms with Crippen LogP contribution in [0.15, 0.2) is 30.3 Å². The predicted octanol–water partition coefficient (Wildman–Crippen LogP) is 2.53. The first-order chi connectivity index (χ1) is 10.4. The van der Waals surface area contributed by atoms with E-state index in [0.717, 1.165) is 22.7 Å². The van der Waals surface area contributed by atoms with Crippen molar-refractivity contribution in [2.45, 2.75) is 38.2 Å². The molecule has 0 N–H and O–H groups in total. The average Bonchev–Trinajstić information content (AvgIpc) is 3.03. The summed E-state index contributed by atoms with van der Waals surface area (Å²) >= 11 is 0. The van der Waals surface area contributed by atoms with Gasteiger partial charge in [-0.1, -0.05) is 30.3 Å². The van der Waals surface area contributed by atoms with Gasteiger partial charge in [-0.15, -0.1) is 0 Å². The van der Waals surface area contributed by atoms with Crippen molar-refractivity contribution in [3.05, 3.63) is 35.9 Å². The largest absolute Gasteiger partial charge is 0.282 e. The summed E-state index contributed by atoms with van der Waals surface area (Å²) in [6.07, 6.45) is -0.598. The van der Waals surface area contributed by atoms with E-state index in [4.69, 9.17) is 0 Å². The van der Waals surface area contributed by atoms with E-state index >= 15 is 0 Å². The summed E-state index contributed by atoms with van der Waals surface area (Å²) in [5.74, 6) is 0. The zero-order valence-electron chi connectivity index (χ0n) is 12.7. The molecule has 0 spiro atoms. The predicted molar refractivity (Wildman–Crippen MR) is 82.0 cm³/mol. The minimum absolute atomic E-state index is 0.102. The molecule has 0 aliphatic carbocycles. The van der Waals surface area contributed by atoms with Crippen LogP contribution in [0.3, 0.4) is 0 Å². The van der Waals surface area contributed by atoms with Crippen LogP contribution in [0.5, 0.6) is 0 Å². The molecule has 1 aliphatic heterocycles. The highest BCUT2D eigenvalue weighted by atomic mass is 32.2. The van der Waals surface area contributed by atoms with Crippen molar-refractivity contribution in [1.29, 1.82) is 0 Å². The van der Waals surface area contributed by atoms with Crippen molar-refractivity contribution in [1.82, 2.24) is 8.61 Å². The third-order valence-electron chi connectivity index (χ3n) is 4.08. The van der Waals surface area contributed by atoms with Gasteiger partial charge in [0.1, 0.15) is 0 Å². The quantitative estimate of drug-likeness (QED) is 0.770. The summed E-state index contributed by atoms with van der Waals surface area (Å²) in [4.78, 5) is 0. The number of halogens is 2. The van der Waals surface area contributed by atoms with Gasteiger partial charge in [-0.05, 0) is 31.2 Å². The Bertz CT molecular complexity index is 560. The molecule has 7 heteroatoms. The zero-order valence-corrected chi connectivity index (χ0v) is 13.5. The fourth-order valence-corrected chi connectivity index (χ4v) is 4.32. The van der Waals surface area contributed by atoms with Crippen molar-refractivity contribution in [3.8, 4) is 0 Å². The Labute approximate surface area is 130 Å². The van der Waals surface area contributed by atoms with Gasteiger partial charge >= 0.3 is 0 Å². The standard InChI is InChI=1S/C15H22F2N2O2S/c1-18(22(20,21)19-11-5-6-12-19)14(15(16)17)10-9-13-7-3-2-4-8-13/h2-4,7-8,14-15H,5-6,9-12H2,1H3. The first-order valence-electron chi connectivity index (χ1n) is 7.48. The van der Waals surface area contributed by atoms with E-state index in [2.05, 4.69) is 0 Å². The lowest BCUT2D eigenvalue weighted by atomic mass is 10.1. The molecule has 1 aliphatic rings. The van der Waals surface area contributed by atoms with Crippen molar-refractivity contribution in [2.75, 3.05) is 20.1 Å². The maximum absolute atomic E-state index is 13.3. The van der Waals surface area contributed by atoms with E-state index in [1.54, 1.807) is 0 Å². The summed E-state index contributed by atoms with van der Waals surface area (Å²) in [5.41, 5.74) is 0.931. The summed E-state index contributed by atoms with van der Waals surface area (Å²) in [5, 5.41) is 0. The van der Waals surface area contributed by atoms with Gasteiger partial charge in [-0.2, -0.15) is 17.0 Å². The molecule has 1 aromatic carbocycles. The molecule has 22 heavy (non-hydrogen) atoms. The summed E-state index contributed by atoms with van der Waals surface area (Å²) < 4.78 is 53.7. The molecule has 4 nitrogen and oxygen atoms in total. The molecule has 0 saturated carbocycles. The van der Waals surface area contributed by atoms with Crippen molar-refractivity contribution in [3.63, 3.8) is 0 Å². The Morgan fingerprint density at radius 3 is 2.32 bits per heavy atom. The average molecular weight is 332 g/mol. The molecule has 1 atom stereocenters. The second kappa shape index (κ2) is 7.48. The number of nitrogens with zero attached hydrogens (tertiary/aromatic N) is 2. The molecule has 0 amide bonds. The van der Waals surface area contributed by atoms with Gasteiger partial charge in [0, 0.05) is 20.1 Å². The van der Waals surface area contributed by atoms with Gasteiger partial charge in [0.05, 0.1) is 6.04 Å². The normalized spacial score (nSPS) is 18.2. The van der Waals surface area contributed by atoms with Crippen LogP contribution < -0.4 is 0 Å². The third-order valence-corrected chi connectivity index (χ3v) is 6.10. The molecule has 2 rings (SSSR count). The SMILES string of the molecule is CN(C(CCc1ccccc1)C(F)F)S(=O)(=O)N1CCCC1. The molecule has 1 aromatic rings. The van der Waals surface area contributed by atoms with Gasteiger partial charge in [0.15, 0.2) is 0 Å². The minimum Gasteiger partial charge on any atom is -0.209 e. The van der Waals surface area contributed by atoms with Gasteiger partial charge in [0.2, 0.25) is 0 Å². The number of alkyl halides is 2. The van der Waals surface area contributed by atoms with Crippen LogP contribution in [-0.2, 0) is 16.6 Å². The monoisotopic (exact) mass is 332 g/mol. The van der Waals surface area contributed by atoms with Crippen LogP contribution in [0.1, 0.15) is 24.8 Å². The Hall–Kier alpha value is -1.05. The lowest BCUT2D eigenvalue weighted by molar-refractivity contribution is 0.0637. The molecule has 0 bridgehead atoms. The molecule has 1 unspecified atom stereocenters. The highest BCUT2D eigenvalue weighted by Gasteiger charge is 2.37. The lowest BCUT2D eigenvalue weighted by Crippen LogP contribution is -2.48. The summed E-state index contributed by atoms with van der Waals surface area (Å²) in [6.45, 7) is 0.836. The molecular formula is C15H22F2N2O2S. The number of rotatable bonds is 7. The Kier molecular flexibility index (Phi) is 5.88. The first kappa shape index (κ1) is 17.3. The fourth-order valence-electron chi connectivity index (χ4n) is 2.70. The van der Waals surface area contributed by atoms with E-state index in [-0.39, 0.29) is 6.42 Å². The molecule has 124 valence electrons. The Morgan fingerprint density at radius 1 is 1.18 bits per heavy atom. The number of benzene rings is 1. The van der Waals surface area contributed by atoms with Crippen molar-refractivity contribution in [2.24, 2.45) is 0 Å². The first-order valence-corrected chi connectivity index (χ1v) is 8.88. The second-order valence-electron chi connectivity index (χ2n) is 5.56. The Balaban J connectivity index is 2.06. The molecule has 1 saturated heterocycles. The van der Waals surface area contributed by atoms with Gasteiger partial charge in [-0.3, -0.25) is 0 Å². The van der Waals surface area contributed by atoms with Crippen LogP contribution in [0.25, 0.3) is 0 Å². The molecule has 1 fully saturated rings. The summed E-state index contributed by atoms with van der Waals surface area (Å²) in [6, 6.07) is 7.97. The second-order valence-corrected chi connectivity index (χ2v) is 7.54. The number of hydrogen-bond donors (Lipinski definition) is 0. The lowest BCUT2D eigenvalue weighted by Gasteiger charge is -2.30. The van der Waals surface area contributed by atoms with E-state index in [1.807, 2.05) is 30.3 Å². The maximum Gasteiger partial charge on any atom is 0.282 e. The third kappa shape index (κ3) is 4.02. The van der Waals surface area contributed by atoms with Crippen LogP contribution in [0.2, 0.25) is 0 Å². The zero-order chi connectivity index (χ0) is 16.2. The molecule has 0 aromatic heterocycles. The van der Waals surface area contributed by atoms with Gasteiger partial charge in [-0.25, -0.2) is 8.78 Å². The van der Waals surface area contributed by atoms with Crippen LogP contribution in [0.4, 0.5) is 8.78 Å². The maximum atomic E-state index is 13.3. The van der Waals surface area contributed by atoms with E-state index < -0.39 is 22.7 Å². The van der Waals surface area contributed by atoms with Crippen LogP contribution >= 0.6 is 0 Å². The van der Waals surface area contributed by atoms with Crippen molar-refractivity contribution < 1.29 is 17.2 Å². The highest BCUT2D eigenvalue weighted by molar-refractivity contribution is 7.86.